The highest BCUT2D eigenvalue weighted by molar-refractivity contribution is 7.89. The number of hydrogen-bond acceptors (Lipinski definition) is 4. The van der Waals surface area contributed by atoms with E-state index in [0.717, 1.165) is 19.3 Å². The second-order valence-corrected chi connectivity index (χ2v) is 7.05. The van der Waals surface area contributed by atoms with Crippen molar-refractivity contribution in [1.29, 1.82) is 0 Å². The number of nitrogens with one attached hydrogen (secondary N) is 2. The maximum atomic E-state index is 12.1. The van der Waals surface area contributed by atoms with Gasteiger partial charge in [0.2, 0.25) is 15.9 Å². The summed E-state index contributed by atoms with van der Waals surface area (Å²) in [7, 11) is -3.67. The van der Waals surface area contributed by atoms with Gasteiger partial charge in [-0.25, -0.2) is 13.1 Å². The zero-order chi connectivity index (χ0) is 17.3. The second kappa shape index (κ2) is 9.42. The third-order valence-corrected chi connectivity index (χ3v) is 4.79. The number of Topliss-reactive ketones (excluding diaryl/α,β-unsaturated/α-hetero) is 1. The highest BCUT2D eigenvalue weighted by Gasteiger charge is 2.14. The van der Waals surface area contributed by atoms with Crippen molar-refractivity contribution in [3.8, 4) is 0 Å². The molecule has 0 atom stereocenters. The lowest BCUT2D eigenvalue weighted by Crippen LogP contribution is -2.31. The van der Waals surface area contributed by atoms with Gasteiger partial charge in [-0.2, -0.15) is 0 Å². The molecular weight excluding hydrogens is 316 g/mol. The van der Waals surface area contributed by atoms with Crippen LogP contribution in [0.15, 0.2) is 29.2 Å². The predicted octanol–water partition coefficient (Wildman–Crippen LogP) is 1.86. The van der Waals surface area contributed by atoms with Crippen LogP contribution in [0.1, 0.15) is 49.9 Å². The Bertz CT molecular complexity index is 624. The SMILES string of the molecule is CCCCCNC(=O)CCNS(=O)(=O)c1ccc(C(C)=O)cc1. The number of unbranched alkanes of at least 4 members (excludes halogenated alkanes) is 2. The van der Waals surface area contributed by atoms with Crippen molar-refractivity contribution in [3.63, 3.8) is 0 Å². The topological polar surface area (TPSA) is 92.3 Å². The molecule has 23 heavy (non-hydrogen) atoms. The fourth-order valence-corrected chi connectivity index (χ4v) is 2.97. The molecule has 0 spiro atoms. The molecule has 0 aliphatic carbocycles. The van der Waals surface area contributed by atoms with Crippen LogP contribution in [-0.2, 0) is 14.8 Å². The van der Waals surface area contributed by atoms with E-state index in [1.165, 1.54) is 31.2 Å². The molecule has 0 saturated carbocycles. The Kier molecular flexibility index (Phi) is 7.91. The highest BCUT2D eigenvalue weighted by atomic mass is 32.2. The van der Waals surface area contributed by atoms with Crippen molar-refractivity contribution in [2.24, 2.45) is 0 Å². The fourth-order valence-electron chi connectivity index (χ4n) is 1.94. The van der Waals surface area contributed by atoms with Crippen LogP contribution in [0.2, 0.25) is 0 Å². The van der Waals surface area contributed by atoms with Crippen LogP contribution in [0, 0.1) is 0 Å². The Morgan fingerprint density at radius 2 is 1.70 bits per heavy atom. The number of carbonyl (C=O) groups excluding carboxylic acids is 2. The molecule has 0 heterocycles. The molecule has 0 aliphatic heterocycles. The first kappa shape index (κ1) is 19.3. The molecule has 128 valence electrons. The van der Waals surface area contributed by atoms with E-state index in [4.69, 9.17) is 0 Å². The van der Waals surface area contributed by atoms with Gasteiger partial charge in [-0.05, 0) is 25.5 Å². The van der Waals surface area contributed by atoms with Crippen LogP contribution >= 0.6 is 0 Å². The third kappa shape index (κ3) is 6.92. The van der Waals surface area contributed by atoms with Gasteiger partial charge in [-0.3, -0.25) is 9.59 Å². The standard InChI is InChI=1S/C16H24N2O4S/c1-3-4-5-11-17-16(20)10-12-18-23(21,22)15-8-6-14(7-9-15)13(2)19/h6-9,18H,3-5,10-12H2,1-2H3,(H,17,20). The Morgan fingerprint density at radius 1 is 1.04 bits per heavy atom. The number of carbonyl (C=O) groups is 2. The van der Waals surface area contributed by atoms with E-state index in [0.29, 0.717) is 12.1 Å². The zero-order valence-electron chi connectivity index (χ0n) is 13.6. The van der Waals surface area contributed by atoms with E-state index in [-0.39, 0.29) is 29.6 Å². The van der Waals surface area contributed by atoms with Crippen molar-refractivity contribution in [2.45, 2.75) is 44.4 Å². The molecule has 1 rings (SSSR count). The molecule has 0 aliphatic rings. The molecule has 2 N–H and O–H groups in total. The molecule has 1 aromatic carbocycles. The summed E-state index contributed by atoms with van der Waals surface area (Å²) in [5.74, 6) is -0.294. The van der Waals surface area contributed by atoms with Gasteiger partial charge in [-0.15, -0.1) is 0 Å². The van der Waals surface area contributed by atoms with Crippen molar-refractivity contribution in [1.82, 2.24) is 10.0 Å². The summed E-state index contributed by atoms with van der Waals surface area (Å²) in [4.78, 5) is 22.8. The van der Waals surface area contributed by atoms with E-state index in [9.17, 15) is 18.0 Å². The fraction of sp³-hybridized carbons (Fsp3) is 0.500. The summed E-state index contributed by atoms with van der Waals surface area (Å²) in [6, 6.07) is 5.70. The summed E-state index contributed by atoms with van der Waals surface area (Å²) < 4.78 is 26.5. The largest absolute Gasteiger partial charge is 0.356 e. The van der Waals surface area contributed by atoms with E-state index >= 15 is 0 Å². The number of hydrogen-bond donors (Lipinski definition) is 2. The smallest absolute Gasteiger partial charge is 0.240 e. The summed E-state index contributed by atoms with van der Waals surface area (Å²) in [5.41, 5.74) is 0.454. The van der Waals surface area contributed by atoms with Gasteiger partial charge >= 0.3 is 0 Å². The van der Waals surface area contributed by atoms with Crippen LogP contribution in [0.3, 0.4) is 0 Å². The van der Waals surface area contributed by atoms with Gasteiger partial charge in [0, 0.05) is 25.1 Å². The average molecular weight is 340 g/mol. The molecule has 7 heteroatoms. The lowest BCUT2D eigenvalue weighted by atomic mass is 10.2. The quantitative estimate of drug-likeness (QED) is 0.502. The Labute approximate surface area is 137 Å². The minimum absolute atomic E-state index is 0.0381. The van der Waals surface area contributed by atoms with Gasteiger partial charge in [0.25, 0.3) is 0 Å². The maximum Gasteiger partial charge on any atom is 0.240 e. The van der Waals surface area contributed by atoms with Crippen LogP contribution < -0.4 is 10.0 Å². The zero-order valence-corrected chi connectivity index (χ0v) is 14.4. The van der Waals surface area contributed by atoms with Crippen LogP contribution in [-0.4, -0.2) is 33.2 Å². The van der Waals surface area contributed by atoms with E-state index in [1.807, 2.05) is 0 Å². The monoisotopic (exact) mass is 340 g/mol. The number of ketones is 1. The van der Waals surface area contributed by atoms with E-state index in [1.54, 1.807) is 0 Å². The molecule has 1 aromatic rings. The lowest BCUT2D eigenvalue weighted by Gasteiger charge is -2.08. The molecule has 0 bridgehead atoms. The molecule has 0 radical (unpaired) electrons. The molecule has 1 amide bonds. The Morgan fingerprint density at radius 3 is 2.26 bits per heavy atom. The Balaban J connectivity index is 2.43. The normalized spacial score (nSPS) is 11.2. The van der Waals surface area contributed by atoms with Gasteiger partial charge in [-0.1, -0.05) is 31.9 Å². The lowest BCUT2D eigenvalue weighted by molar-refractivity contribution is -0.120. The van der Waals surface area contributed by atoms with Gasteiger partial charge < -0.3 is 5.32 Å². The van der Waals surface area contributed by atoms with E-state index < -0.39 is 10.0 Å². The summed E-state index contributed by atoms with van der Waals surface area (Å²) >= 11 is 0. The van der Waals surface area contributed by atoms with Crippen LogP contribution in [0.5, 0.6) is 0 Å². The van der Waals surface area contributed by atoms with Crippen molar-refractivity contribution in [2.75, 3.05) is 13.1 Å². The Hall–Kier alpha value is -1.73. The molecular formula is C16H24N2O4S. The average Bonchev–Trinajstić information content (AvgIpc) is 2.51. The molecule has 0 unspecified atom stereocenters. The van der Waals surface area contributed by atoms with Gasteiger partial charge in [0.05, 0.1) is 4.90 Å². The van der Waals surface area contributed by atoms with Gasteiger partial charge in [0.1, 0.15) is 0 Å². The highest BCUT2D eigenvalue weighted by Crippen LogP contribution is 2.10. The number of amides is 1. The molecule has 0 aromatic heterocycles. The van der Waals surface area contributed by atoms with Crippen molar-refractivity contribution < 1.29 is 18.0 Å². The van der Waals surface area contributed by atoms with Crippen molar-refractivity contribution >= 4 is 21.7 Å². The second-order valence-electron chi connectivity index (χ2n) is 5.29. The summed E-state index contributed by atoms with van der Waals surface area (Å²) in [6.45, 7) is 4.16. The van der Waals surface area contributed by atoms with Crippen molar-refractivity contribution in [3.05, 3.63) is 29.8 Å². The molecule has 6 nitrogen and oxygen atoms in total. The molecule has 0 fully saturated rings. The maximum absolute atomic E-state index is 12.1. The van der Waals surface area contributed by atoms with Gasteiger partial charge in [0.15, 0.2) is 5.78 Å². The minimum Gasteiger partial charge on any atom is -0.356 e. The number of sulfonamides is 1. The van der Waals surface area contributed by atoms with Crippen LogP contribution in [0.4, 0.5) is 0 Å². The van der Waals surface area contributed by atoms with E-state index in [2.05, 4.69) is 17.0 Å². The first-order chi connectivity index (χ1) is 10.9. The first-order valence-corrected chi connectivity index (χ1v) is 9.22. The summed E-state index contributed by atoms with van der Waals surface area (Å²) in [5, 5.41) is 2.75. The first-order valence-electron chi connectivity index (χ1n) is 7.74. The van der Waals surface area contributed by atoms with Crippen LogP contribution in [0.25, 0.3) is 0 Å². The molecule has 0 saturated heterocycles. The minimum atomic E-state index is -3.67. The number of rotatable bonds is 10. The number of benzene rings is 1. The third-order valence-electron chi connectivity index (χ3n) is 3.32. The summed E-state index contributed by atoms with van der Waals surface area (Å²) in [6.07, 6.45) is 3.16. The predicted molar refractivity (Wildman–Crippen MR) is 88.8 cm³/mol.